The number of nitrogens with one attached hydrogen (secondary N) is 3. The van der Waals surface area contributed by atoms with Crippen molar-refractivity contribution in [3.63, 3.8) is 0 Å². The first-order valence-corrected chi connectivity index (χ1v) is 14.8. The largest absolute Gasteiger partial charge is 0.490 e. The molecule has 0 saturated heterocycles. The lowest BCUT2D eigenvalue weighted by molar-refractivity contribution is -0.384. The van der Waals surface area contributed by atoms with Gasteiger partial charge in [0.05, 0.1) is 36.5 Å². The summed E-state index contributed by atoms with van der Waals surface area (Å²) < 4.78 is 23.1. The van der Waals surface area contributed by atoms with Crippen molar-refractivity contribution < 1.29 is 38.6 Å². The summed E-state index contributed by atoms with van der Waals surface area (Å²) in [5.41, 5.74) is 5.14. The van der Waals surface area contributed by atoms with E-state index in [1.54, 1.807) is 62.4 Å². The van der Waals surface area contributed by atoms with Gasteiger partial charge in [-0.2, -0.15) is 5.10 Å². The van der Waals surface area contributed by atoms with Crippen LogP contribution in [-0.2, 0) is 16.1 Å². The number of ether oxygens (including phenoxy) is 4. The summed E-state index contributed by atoms with van der Waals surface area (Å²) in [6.07, 6.45) is 0.267. The number of methoxy groups -OCH3 is 1. The normalized spacial score (nSPS) is 15.1. The minimum atomic E-state index is -1.21. The van der Waals surface area contributed by atoms with Gasteiger partial charge in [-0.3, -0.25) is 15.5 Å². The van der Waals surface area contributed by atoms with Crippen LogP contribution in [0.1, 0.15) is 36.6 Å². The molecule has 1 heterocycles. The number of hydrazone groups is 1. The number of hydrogen-bond acceptors (Lipinski definition) is 11. The average molecular weight is 699 g/mol. The minimum Gasteiger partial charge on any atom is -0.490 e. The van der Waals surface area contributed by atoms with E-state index in [-0.39, 0.29) is 24.5 Å². The number of rotatable bonds is 14. The zero-order valence-electron chi connectivity index (χ0n) is 25.1. The van der Waals surface area contributed by atoms with Gasteiger partial charge >= 0.3 is 12.0 Å². The van der Waals surface area contributed by atoms with Crippen LogP contribution in [0.15, 0.2) is 81.5 Å². The lowest BCUT2D eigenvalue weighted by atomic mass is 9.95. The highest BCUT2D eigenvalue weighted by Gasteiger charge is 2.32. The van der Waals surface area contributed by atoms with Crippen LogP contribution in [0.2, 0.25) is 0 Å². The van der Waals surface area contributed by atoms with Crippen molar-refractivity contribution in [1.29, 1.82) is 0 Å². The molecule has 4 N–H and O–H groups in total. The minimum absolute atomic E-state index is 0.00566. The summed E-state index contributed by atoms with van der Waals surface area (Å²) in [6.45, 7) is 3.69. The van der Waals surface area contributed by atoms with Gasteiger partial charge in [0.15, 0.2) is 17.7 Å². The van der Waals surface area contributed by atoms with Gasteiger partial charge in [-0.25, -0.2) is 9.59 Å². The topological polar surface area (TPSA) is 183 Å². The second-order valence-electron chi connectivity index (χ2n) is 9.81. The maximum absolute atomic E-state index is 12.5. The summed E-state index contributed by atoms with van der Waals surface area (Å²) >= 11 is 3.42. The molecular weight excluding hydrogens is 666 g/mol. The third kappa shape index (κ3) is 8.73. The number of carbonyl (C=O) groups is 2. The molecule has 15 heteroatoms. The standard InChI is InChI=1S/C31H32BrN5O9/c1-4-44-26-14-20(29-28(30(39)43-3)18(2)34-31(40)35-29)7-11-25(26)46-17-27(38)36-33-15-21-13-22(32)8-12-24(21)45-16-19-5-9-23(10-6-19)37(41)42/h5-15,27,29,36,38H,4,16-17H2,1-3H3,(H2,34,35,40)/b33-15-/t27-,29+/m0/s1. The monoisotopic (exact) mass is 697 g/mol. The lowest BCUT2D eigenvalue weighted by Gasteiger charge is -2.28. The van der Waals surface area contributed by atoms with Gasteiger partial charge < -0.3 is 34.7 Å². The molecule has 3 aromatic carbocycles. The Balaban J connectivity index is 1.39. The molecule has 4 rings (SSSR count). The smallest absolute Gasteiger partial charge is 0.337 e. The number of aliphatic hydroxyl groups is 1. The molecule has 0 radical (unpaired) electrons. The van der Waals surface area contributed by atoms with E-state index in [2.05, 4.69) is 37.1 Å². The summed E-state index contributed by atoms with van der Waals surface area (Å²) in [5, 5.41) is 30.8. The number of nitrogens with zero attached hydrogens (tertiary/aromatic N) is 2. The Hall–Kier alpha value is -5.15. The summed E-state index contributed by atoms with van der Waals surface area (Å²) in [7, 11) is 1.26. The molecule has 2 atom stereocenters. The van der Waals surface area contributed by atoms with E-state index in [1.807, 2.05) is 0 Å². The van der Waals surface area contributed by atoms with E-state index in [1.165, 1.54) is 25.5 Å². The van der Waals surface area contributed by atoms with Crippen molar-refractivity contribution in [1.82, 2.24) is 16.1 Å². The van der Waals surface area contributed by atoms with Gasteiger partial charge in [-0.15, -0.1) is 0 Å². The zero-order valence-corrected chi connectivity index (χ0v) is 26.7. The van der Waals surface area contributed by atoms with Crippen LogP contribution in [-0.4, -0.2) is 54.8 Å². The molecule has 0 saturated carbocycles. The first-order chi connectivity index (χ1) is 22.1. The Morgan fingerprint density at radius 1 is 1.11 bits per heavy atom. The molecule has 14 nitrogen and oxygen atoms in total. The number of aliphatic hydroxyl groups excluding tert-OH is 1. The second kappa shape index (κ2) is 15.7. The summed E-state index contributed by atoms with van der Waals surface area (Å²) in [4.78, 5) is 35.0. The van der Waals surface area contributed by atoms with Crippen molar-refractivity contribution >= 4 is 39.8 Å². The average Bonchev–Trinajstić information content (AvgIpc) is 3.03. The van der Waals surface area contributed by atoms with E-state index in [4.69, 9.17) is 18.9 Å². The van der Waals surface area contributed by atoms with E-state index < -0.39 is 29.2 Å². The van der Waals surface area contributed by atoms with Crippen molar-refractivity contribution in [3.8, 4) is 17.2 Å². The first kappa shape index (κ1) is 33.7. The van der Waals surface area contributed by atoms with Crippen LogP contribution in [0.4, 0.5) is 10.5 Å². The molecule has 0 aliphatic carbocycles. The number of non-ortho nitro benzene ring substituents is 1. The third-order valence-corrected chi connectivity index (χ3v) is 7.11. The number of allylic oxidation sites excluding steroid dienone is 1. The summed E-state index contributed by atoms with van der Waals surface area (Å²) in [6, 6.07) is 15.1. The highest BCUT2D eigenvalue weighted by Crippen LogP contribution is 2.35. The van der Waals surface area contributed by atoms with Gasteiger partial charge in [0, 0.05) is 27.9 Å². The van der Waals surface area contributed by atoms with E-state index in [0.717, 1.165) is 10.0 Å². The molecule has 242 valence electrons. The summed E-state index contributed by atoms with van der Waals surface area (Å²) in [5.74, 6) is 0.581. The SMILES string of the molecule is CCOc1cc([C@H]2NC(=O)NC(C)=C2C(=O)OC)ccc1OC[C@H](O)N/N=C\c1cc(Br)ccc1OCc1ccc([N+](=O)[O-])cc1. The number of carbonyl (C=O) groups excluding carboxylic acids is 2. The second-order valence-corrected chi connectivity index (χ2v) is 10.7. The van der Waals surface area contributed by atoms with Crippen molar-refractivity contribution in [3.05, 3.63) is 103 Å². The fraction of sp³-hybridized carbons (Fsp3) is 0.258. The van der Waals surface area contributed by atoms with Crippen LogP contribution >= 0.6 is 15.9 Å². The molecular formula is C31H32BrN5O9. The fourth-order valence-corrected chi connectivity index (χ4v) is 4.82. The number of halogens is 1. The number of esters is 1. The highest BCUT2D eigenvalue weighted by atomic mass is 79.9. The molecule has 0 fully saturated rings. The Kier molecular flexibility index (Phi) is 11.5. The van der Waals surface area contributed by atoms with Crippen LogP contribution in [0.5, 0.6) is 17.2 Å². The van der Waals surface area contributed by atoms with Gasteiger partial charge in [-0.1, -0.05) is 22.0 Å². The number of benzene rings is 3. The number of amides is 2. The molecule has 1 aliphatic rings. The number of hydrogen-bond donors (Lipinski definition) is 4. The highest BCUT2D eigenvalue weighted by molar-refractivity contribution is 9.10. The molecule has 0 spiro atoms. The van der Waals surface area contributed by atoms with Crippen molar-refractivity contribution in [2.75, 3.05) is 20.3 Å². The van der Waals surface area contributed by atoms with Crippen LogP contribution in [0.25, 0.3) is 0 Å². The Bertz CT molecular complexity index is 1650. The Morgan fingerprint density at radius 2 is 1.85 bits per heavy atom. The van der Waals surface area contributed by atoms with Crippen molar-refractivity contribution in [2.45, 2.75) is 32.7 Å². The van der Waals surface area contributed by atoms with Crippen LogP contribution in [0, 0.1) is 10.1 Å². The van der Waals surface area contributed by atoms with E-state index in [9.17, 15) is 24.8 Å². The third-order valence-electron chi connectivity index (χ3n) is 6.61. The van der Waals surface area contributed by atoms with Crippen molar-refractivity contribution in [2.24, 2.45) is 5.10 Å². The number of nitro groups is 1. The predicted octanol–water partition coefficient (Wildman–Crippen LogP) is 4.46. The molecule has 1 aliphatic heterocycles. The number of nitro benzene ring substituents is 1. The number of urea groups is 1. The van der Waals surface area contributed by atoms with E-state index in [0.29, 0.717) is 40.7 Å². The maximum Gasteiger partial charge on any atom is 0.337 e. The zero-order chi connectivity index (χ0) is 33.2. The maximum atomic E-state index is 12.5. The van der Waals surface area contributed by atoms with Gasteiger partial charge in [0.2, 0.25) is 0 Å². The fourth-order valence-electron chi connectivity index (χ4n) is 4.44. The molecule has 2 amide bonds. The van der Waals surface area contributed by atoms with Gasteiger partial charge in [-0.05, 0) is 67.4 Å². The van der Waals surface area contributed by atoms with Gasteiger partial charge in [0.1, 0.15) is 19.0 Å². The molecule has 0 unspecified atom stereocenters. The van der Waals surface area contributed by atoms with E-state index >= 15 is 0 Å². The molecule has 3 aromatic rings. The quantitative estimate of drug-likeness (QED) is 0.0617. The van der Waals surface area contributed by atoms with Crippen LogP contribution < -0.4 is 30.3 Å². The Morgan fingerprint density at radius 3 is 2.54 bits per heavy atom. The molecule has 0 aromatic heterocycles. The molecule has 46 heavy (non-hydrogen) atoms. The lowest BCUT2D eigenvalue weighted by Crippen LogP contribution is -2.45. The predicted molar refractivity (Wildman–Crippen MR) is 171 cm³/mol. The molecule has 0 bridgehead atoms. The van der Waals surface area contributed by atoms with Gasteiger partial charge in [0.25, 0.3) is 5.69 Å². The Labute approximate surface area is 272 Å². The first-order valence-electron chi connectivity index (χ1n) is 14.0. The van der Waals surface area contributed by atoms with Crippen LogP contribution in [0.3, 0.4) is 0 Å².